The molecule has 0 radical (unpaired) electrons. The van der Waals surface area contributed by atoms with Crippen molar-refractivity contribution in [1.82, 2.24) is 9.97 Å². The molecule has 2 aromatic rings. The average Bonchev–Trinajstić information content (AvgIpc) is 2.62. The van der Waals surface area contributed by atoms with E-state index in [0.29, 0.717) is 6.61 Å². The van der Waals surface area contributed by atoms with Crippen LogP contribution in [-0.2, 0) is 16.0 Å². The SMILES string of the molecule is CCOC(=O)Cc1c[nH]c2cccnc12. The van der Waals surface area contributed by atoms with E-state index >= 15 is 0 Å². The standard InChI is InChI=1S/C11H12N2O2/c1-2-15-10(14)6-8-7-13-9-4-3-5-12-11(8)9/h3-5,7,13H,2,6H2,1H3. The Bertz CT molecular complexity index is 476. The number of nitrogens with one attached hydrogen (secondary N) is 1. The predicted octanol–water partition coefficient (Wildman–Crippen LogP) is 1.67. The first kappa shape index (κ1) is 9.71. The molecule has 0 saturated carbocycles. The number of nitrogens with zero attached hydrogens (tertiary/aromatic N) is 1. The Morgan fingerprint density at radius 1 is 1.60 bits per heavy atom. The van der Waals surface area contributed by atoms with Gasteiger partial charge in [-0.25, -0.2) is 0 Å². The number of hydrogen-bond acceptors (Lipinski definition) is 3. The fourth-order valence-corrected chi connectivity index (χ4v) is 1.51. The fraction of sp³-hybridized carbons (Fsp3) is 0.273. The first-order valence-electron chi connectivity index (χ1n) is 4.88. The number of hydrogen-bond donors (Lipinski definition) is 1. The molecular formula is C11H12N2O2. The van der Waals surface area contributed by atoms with Crippen LogP contribution in [0.4, 0.5) is 0 Å². The number of aromatic nitrogens is 2. The van der Waals surface area contributed by atoms with Gasteiger partial charge in [-0.05, 0) is 19.1 Å². The van der Waals surface area contributed by atoms with E-state index in [0.717, 1.165) is 16.6 Å². The van der Waals surface area contributed by atoms with E-state index in [1.807, 2.05) is 12.1 Å². The molecule has 2 rings (SSSR count). The van der Waals surface area contributed by atoms with Gasteiger partial charge in [0.05, 0.1) is 24.1 Å². The highest BCUT2D eigenvalue weighted by Gasteiger charge is 2.09. The van der Waals surface area contributed by atoms with Crippen molar-refractivity contribution in [2.75, 3.05) is 6.61 Å². The Morgan fingerprint density at radius 2 is 2.47 bits per heavy atom. The van der Waals surface area contributed by atoms with Crippen LogP contribution in [0.2, 0.25) is 0 Å². The Morgan fingerprint density at radius 3 is 3.27 bits per heavy atom. The second-order valence-corrected chi connectivity index (χ2v) is 3.20. The van der Waals surface area contributed by atoms with Crippen LogP contribution in [0.25, 0.3) is 11.0 Å². The van der Waals surface area contributed by atoms with Crippen LogP contribution in [0.5, 0.6) is 0 Å². The molecule has 4 heteroatoms. The summed E-state index contributed by atoms with van der Waals surface area (Å²) in [4.78, 5) is 18.6. The molecule has 78 valence electrons. The lowest BCUT2D eigenvalue weighted by molar-refractivity contribution is -0.142. The summed E-state index contributed by atoms with van der Waals surface area (Å²) in [5, 5.41) is 0. The minimum Gasteiger partial charge on any atom is -0.466 e. The summed E-state index contributed by atoms with van der Waals surface area (Å²) in [5.74, 6) is -0.218. The van der Waals surface area contributed by atoms with Crippen molar-refractivity contribution in [1.29, 1.82) is 0 Å². The Kier molecular flexibility index (Phi) is 2.67. The van der Waals surface area contributed by atoms with Crippen LogP contribution in [0.15, 0.2) is 24.5 Å². The lowest BCUT2D eigenvalue weighted by Gasteiger charge is -1.99. The molecule has 0 amide bonds. The summed E-state index contributed by atoms with van der Waals surface area (Å²) in [7, 11) is 0. The summed E-state index contributed by atoms with van der Waals surface area (Å²) in [5.41, 5.74) is 2.66. The molecule has 0 saturated heterocycles. The van der Waals surface area contributed by atoms with E-state index in [4.69, 9.17) is 4.74 Å². The van der Waals surface area contributed by atoms with Gasteiger partial charge in [-0.1, -0.05) is 0 Å². The van der Waals surface area contributed by atoms with Gasteiger partial charge < -0.3 is 9.72 Å². The van der Waals surface area contributed by atoms with Gasteiger partial charge in [0.2, 0.25) is 0 Å². The first-order valence-corrected chi connectivity index (χ1v) is 4.88. The molecule has 0 unspecified atom stereocenters. The van der Waals surface area contributed by atoms with Gasteiger partial charge in [0.1, 0.15) is 0 Å². The molecule has 0 fully saturated rings. The molecule has 1 N–H and O–H groups in total. The molecular weight excluding hydrogens is 192 g/mol. The van der Waals surface area contributed by atoms with Crippen molar-refractivity contribution >= 4 is 17.0 Å². The normalized spacial score (nSPS) is 10.5. The summed E-state index contributed by atoms with van der Waals surface area (Å²) in [6.45, 7) is 2.21. The highest BCUT2D eigenvalue weighted by Crippen LogP contribution is 2.15. The van der Waals surface area contributed by atoms with Crippen LogP contribution in [0, 0.1) is 0 Å². The Balaban J connectivity index is 2.25. The molecule has 2 heterocycles. The van der Waals surface area contributed by atoms with E-state index in [1.54, 1.807) is 19.3 Å². The van der Waals surface area contributed by atoms with E-state index < -0.39 is 0 Å². The Labute approximate surface area is 87.3 Å². The minimum absolute atomic E-state index is 0.218. The number of pyridine rings is 1. The van der Waals surface area contributed by atoms with Crippen molar-refractivity contribution in [3.05, 3.63) is 30.1 Å². The molecule has 0 aliphatic carbocycles. The van der Waals surface area contributed by atoms with Crippen molar-refractivity contribution < 1.29 is 9.53 Å². The summed E-state index contributed by atoms with van der Waals surface area (Å²) < 4.78 is 4.88. The van der Waals surface area contributed by atoms with Crippen LogP contribution in [0.3, 0.4) is 0 Å². The molecule has 0 aromatic carbocycles. The maximum absolute atomic E-state index is 11.3. The molecule has 0 spiro atoms. The van der Waals surface area contributed by atoms with Crippen molar-refractivity contribution in [2.24, 2.45) is 0 Å². The lowest BCUT2D eigenvalue weighted by Crippen LogP contribution is -2.07. The van der Waals surface area contributed by atoms with Gasteiger partial charge in [0, 0.05) is 18.0 Å². The molecule has 4 nitrogen and oxygen atoms in total. The molecule has 0 atom stereocenters. The molecule has 0 aliphatic rings. The third kappa shape index (κ3) is 1.98. The highest BCUT2D eigenvalue weighted by atomic mass is 16.5. The van der Waals surface area contributed by atoms with Crippen LogP contribution in [0.1, 0.15) is 12.5 Å². The van der Waals surface area contributed by atoms with Gasteiger partial charge in [-0.2, -0.15) is 0 Å². The van der Waals surface area contributed by atoms with Gasteiger partial charge in [0.15, 0.2) is 0 Å². The number of rotatable bonds is 3. The topological polar surface area (TPSA) is 55.0 Å². The van der Waals surface area contributed by atoms with E-state index in [-0.39, 0.29) is 12.4 Å². The van der Waals surface area contributed by atoms with Crippen LogP contribution >= 0.6 is 0 Å². The maximum atomic E-state index is 11.3. The van der Waals surface area contributed by atoms with E-state index in [9.17, 15) is 4.79 Å². The monoisotopic (exact) mass is 204 g/mol. The minimum atomic E-state index is -0.218. The van der Waals surface area contributed by atoms with E-state index in [1.165, 1.54) is 0 Å². The number of H-pyrrole nitrogens is 1. The van der Waals surface area contributed by atoms with Crippen molar-refractivity contribution in [2.45, 2.75) is 13.3 Å². The highest BCUT2D eigenvalue weighted by molar-refractivity contribution is 5.84. The smallest absolute Gasteiger partial charge is 0.310 e. The number of carbonyl (C=O) groups excluding carboxylic acids is 1. The molecule has 0 bridgehead atoms. The maximum Gasteiger partial charge on any atom is 0.310 e. The second-order valence-electron chi connectivity index (χ2n) is 3.20. The zero-order valence-electron chi connectivity index (χ0n) is 8.49. The largest absolute Gasteiger partial charge is 0.466 e. The number of ether oxygens (including phenoxy) is 1. The third-order valence-electron chi connectivity index (χ3n) is 2.15. The number of fused-ring (bicyclic) bond motifs is 1. The predicted molar refractivity (Wildman–Crippen MR) is 56.4 cm³/mol. The van der Waals surface area contributed by atoms with Crippen LogP contribution < -0.4 is 0 Å². The van der Waals surface area contributed by atoms with Gasteiger partial charge in [-0.15, -0.1) is 0 Å². The van der Waals surface area contributed by atoms with Crippen LogP contribution in [-0.4, -0.2) is 22.5 Å². The number of esters is 1. The molecule has 0 aliphatic heterocycles. The first-order chi connectivity index (χ1) is 7.31. The summed E-state index contributed by atoms with van der Waals surface area (Å²) in [6.07, 6.45) is 3.78. The molecule has 15 heavy (non-hydrogen) atoms. The van der Waals surface area contributed by atoms with Crippen molar-refractivity contribution in [3.63, 3.8) is 0 Å². The zero-order chi connectivity index (χ0) is 10.7. The Hall–Kier alpha value is -1.84. The van der Waals surface area contributed by atoms with E-state index in [2.05, 4.69) is 9.97 Å². The van der Waals surface area contributed by atoms with Gasteiger partial charge in [0.25, 0.3) is 0 Å². The third-order valence-corrected chi connectivity index (χ3v) is 2.15. The summed E-state index contributed by atoms with van der Waals surface area (Å²) in [6, 6.07) is 3.78. The number of carbonyl (C=O) groups is 1. The number of aromatic amines is 1. The second kappa shape index (κ2) is 4.13. The molecule has 2 aromatic heterocycles. The zero-order valence-corrected chi connectivity index (χ0v) is 8.49. The van der Waals surface area contributed by atoms with Gasteiger partial charge >= 0.3 is 5.97 Å². The average molecular weight is 204 g/mol. The lowest BCUT2D eigenvalue weighted by atomic mass is 10.2. The summed E-state index contributed by atoms with van der Waals surface area (Å²) >= 11 is 0. The fourth-order valence-electron chi connectivity index (χ4n) is 1.51. The quantitative estimate of drug-likeness (QED) is 0.774. The van der Waals surface area contributed by atoms with Crippen molar-refractivity contribution in [3.8, 4) is 0 Å². The van der Waals surface area contributed by atoms with Gasteiger partial charge in [-0.3, -0.25) is 9.78 Å².